The van der Waals surface area contributed by atoms with Crippen LogP contribution >= 0.6 is 0 Å². The number of para-hydroxylation sites is 1. The number of allylic oxidation sites excluding steroid dienone is 1. The number of anilines is 1. The molecule has 23 heavy (non-hydrogen) atoms. The highest BCUT2D eigenvalue weighted by Crippen LogP contribution is 2.40. The van der Waals surface area contributed by atoms with Crippen molar-refractivity contribution in [2.24, 2.45) is 0 Å². The van der Waals surface area contributed by atoms with E-state index in [1.807, 2.05) is 48.5 Å². The van der Waals surface area contributed by atoms with Gasteiger partial charge in [-0.15, -0.1) is 0 Å². The number of rotatable bonds is 2. The fourth-order valence-electron chi connectivity index (χ4n) is 3.56. The van der Waals surface area contributed by atoms with Gasteiger partial charge < -0.3 is 0 Å². The van der Waals surface area contributed by atoms with Crippen LogP contribution in [-0.2, 0) is 16.4 Å². The van der Waals surface area contributed by atoms with Crippen molar-refractivity contribution in [3.63, 3.8) is 0 Å². The summed E-state index contributed by atoms with van der Waals surface area (Å²) >= 11 is 0. The molecule has 0 aromatic heterocycles. The first kappa shape index (κ1) is 14.5. The molecule has 4 rings (SSSR count). The molecular formula is C19H19NO2S. The summed E-state index contributed by atoms with van der Waals surface area (Å²) in [5.41, 5.74) is 4.20. The molecule has 118 valence electrons. The van der Waals surface area contributed by atoms with Gasteiger partial charge in [0, 0.05) is 12.5 Å². The van der Waals surface area contributed by atoms with Crippen molar-refractivity contribution in [2.45, 2.75) is 25.7 Å². The lowest BCUT2D eigenvalue weighted by atomic mass is 9.98. The van der Waals surface area contributed by atoms with E-state index in [-0.39, 0.29) is 5.92 Å². The van der Waals surface area contributed by atoms with Crippen molar-refractivity contribution in [3.05, 3.63) is 70.1 Å². The highest BCUT2D eigenvalue weighted by Gasteiger charge is 2.36. The van der Waals surface area contributed by atoms with E-state index in [0.717, 1.165) is 23.2 Å². The van der Waals surface area contributed by atoms with Gasteiger partial charge in [-0.25, -0.2) is 8.42 Å². The predicted molar refractivity (Wildman–Crippen MR) is 93.9 cm³/mol. The number of nitrogens with zero attached hydrogens (tertiary/aromatic N) is 1. The summed E-state index contributed by atoms with van der Waals surface area (Å²) in [7, 11) is -3.46. The van der Waals surface area contributed by atoms with Crippen molar-refractivity contribution in [1.82, 2.24) is 0 Å². The third kappa shape index (κ3) is 2.29. The second-order valence-electron chi connectivity index (χ2n) is 6.31. The Balaban J connectivity index is 1.77. The first-order chi connectivity index (χ1) is 11.1. The van der Waals surface area contributed by atoms with Gasteiger partial charge in [0.2, 0.25) is 0 Å². The van der Waals surface area contributed by atoms with E-state index < -0.39 is 10.0 Å². The van der Waals surface area contributed by atoms with Crippen LogP contribution in [0.3, 0.4) is 0 Å². The van der Waals surface area contributed by atoms with Crippen LogP contribution in [-0.4, -0.2) is 15.0 Å². The molecule has 0 spiro atoms. The molecule has 1 heterocycles. The van der Waals surface area contributed by atoms with E-state index in [0.29, 0.717) is 17.9 Å². The highest BCUT2D eigenvalue weighted by molar-refractivity contribution is 7.96. The van der Waals surface area contributed by atoms with E-state index in [1.165, 1.54) is 5.56 Å². The van der Waals surface area contributed by atoms with Crippen molar-refractivity contribution in [3.8, 4) is 0 Å². The average molecular weight is 325 g/mol. The number of aryl methyl sites for hydroxylation is 1. The minimum absolute atomic E-state index is 0.234. The lowest BCUT2D eigenvalue weighted by Crippen LogP contribution is -2.31. The Labute approximate surface area is 137 Å². The topological polar surface area (TPSA) is 37.4 Å². The van der Waals surface area contributed by atoms with Crippen LogP contribution < -0.4 is 4.31 Å². The van der Waals surface area contributed by atoms with E-state index in [9.17, 15) is 8.42 Å². The number of hydrogen-bond donors (Lipinski definition) is 0. The number of sulfonamides is 1. The Morgan fingerprint density at radius 3 is 2.61 bits per heavy atom. The van der Waals surface area contributed by atoms with Crippen molar-refractivity contribution in [1.29, 1.82) is 0 Å². The minimum atomic E-state index is -3.46. The van der Waals surface area contributed by atoms with E-state index in [2.05, 4.69) is 13.0 Å². The van der Waals surface area contributed by atoms with Gasteiger partial charge in [0.15, 0.2) is 0 Å². The molecule has 0 fully saturated rings. The second-order valence-corrected chi connectivity index (χ2v) is 8.22. The van der Waals surface area contributed by atoms with E-state index in [1.54, 1.807) is 4.31 Å². The molecule has 2 aliphatic rings. The Bertz CT molecular complexity index is 899. The first-order valence-electron chi connectivity index (χ1n) is 7.97. The largest absolute Gasteiger partial charge is 0.266 e. The predicted octanol–water partition coefficient (Wildman–Crippen LogP) is 3.93. The summed E-state index contributed by atoms with van der Waals surface area (Å²) in [4.78, 5) is 0.528. The van der Waals surface area contributed by atoms with Gasteiger partial charge in [-0.1, -0.05) is 49.4 Å². The lowest BCUT2D eigenvalue weighted by Gasteiger charge is -2.24. The van der Waals surface area contributed by atoms with Crippen LogP contribution in [0.25, 0.3) is 6.08 Å². The first-order valence-corrected chi connectivity index (χ1v) is 9.41. The SMILES string of the molecule is CC1CN(S(=O)(=O)C2=Cc3ccccc3CC2)c2ccccc21. The molecule has 1 unspecified atom stereocenters. The molecule has 0 bridgehead atoms. The van der Waals surface area contributed by atoms with Gasteiger partial charge in [0.25, 0.3) is 10.0 Å². The maximum atomic E-state index is 13.2. The second kappa shape index (κ2) is 5.24. The quantitative estimate of drug-likeness (QED) is 0.839. The van der Waals surface area contributed by atoms with Gasteiger partial charge in [-0.2, -0.15) is 0 Å². The maximum Gasteiger partial charge on any atom is 0.260 e. The molecule has 1 aliphatic heterocycles. The molecule has 0 saturated carbocycles. The summed E-state index contributed by atoms with van der Waals surface area (Å²) < 4.78 is 27.9. The molecule has 0 N–H and O–H groups in total. The molecule has 2 aromatic rings. The molecular weight excluding hydrogens is 306 g/mol. The summed E-state index contributed by atoms with van der Waals surface area (Å²) in [6.45, 7) is 2.61. The minimum Gasteiger partial charge on any atom is -0.266 e. The number of benzene rings is 2. The zero-order valence-corrected chi connectivity index (χ0v) is 13.9. The fourth-order valence-corrected chi connectivity index (χ4v) is 5.32. The summed E-state index contributed by atoms with van der Waals surface area (Å²) in [6.07, 6.45) is 3.21. The van der Waals surface area contributed by atoms with Crippen molar-refractivity contribution < 1.29 is 8.42 Å². The third-order valence-corrected chi connectivity index (χ3v) is 6.72. The highest BCUT2D eigenvalue weighted by atomic mass is 32.2. The van der Waals surface area contributed by atoms with Crippen LogP contribution in [0.2, 0.25) is 0 Å². The standard InChI is InChI=1S/C19H19NO2S/c1-14-13-20(19-9-5-4-8-18(14)19)23(21,22)17-11-10-15-6-2-3-7-16(15)12-17/h2-9,12,14H,10-11,13H2,1H3. The van der Waals surface area contributed by atoms with Crippen LogP contribution in [0, 0.1) is 0 Å². The smallest absolute Gasteiger partial charge is 0.260 e. The Kier molecular flexibility index (Phi) is 3.31. The molecule has 2 aromatic carbocycles. The molecule has 0 radical (unpaired) electrons. The lowest BCUT2D eigenvalue weighted by molar-refractivity contribution is 0.594. The molecule has 4 heteroatoms. The van der Waals surface area contributed by atoms with Gasteiger partial charge in [-0.3, -0.25) is 4.31 Å². The molecule has 1 aliphatic carbocycles. The molecule has 1 atom stereocenters. The van der Waals surface area contributed by atoms with Gasteiger partial charge in [0.05, 0.1) is 10.6 Å². The monoisotopic (exact) mass is 325 g/mol. The Hall–Kier alpha value is -2.07. The number of fused-ring (bicyclic) bond motifs is 2. The molecule has 0 amide bonds. The van der Waals surface area contributed by atoms with Crippen LogP contribution in [0.4, 0.5) is 5.69 Å². The van der Waals surface area contributed by atoms with Crippen molar-refractivity contribution in [2.75, 3.05) is 10.8 Å². The van der Waals surface area contributed by atoms with Crippen LogP contribution in [0.5, 0.6) is 0 Å². The fraction of sp³-hybridized carbons (Fsp3) is 0.263. The van der Waals surface area contributed by atoms with Gasteiger partial charge in [-0.05, 0) is 41.7 Å². The summed E-state index contributed by atoms with van der Waals surface area (Å²) in [5.74, 6) is 0.234. The van der Waals surface area contributed by atoms with Crippen LogP contribution in [0.15, 0.2) is 53.4 Å². The Morgan fingerprint density at radius 2 is 1.74 bits per heavy atom. The molecule has 0 saturated heterocycles. The maximum absolute atomic E-state index is 13.2. The normalized spacial score (nSPS) is 20.0. The van der Waals surface area contributed by atoms with E-state index in [4.69, 9.17) is 0 Å². The average Bonchev–Trinajstić information content (AvgIpc) is 2.92. The van der Waals surface area contributed by atoms with E-state index >= 15 is 0 Å². The number of hydrogen-bond acceptors (Lipinski definition) is 2. The third-order valence-electron chi connectivity index (χ3n) is 4.81. The molecule has 3 nitrogen and oxygen atoms in total. The van der Waals surface area contributed by atoms with Crippen molar-refractivity contribution >= 4 is 21.8 Å². The Morgan fingerprint density at radius 1 is 1.00 bits per heavy atom. The van der Waals surface area contributed by atoms with Gasteiger partial charge in [0.1, 0.15) is 0 Å². The zero-order valence-electron chi connectivity index (χ0n) is 13.1. The van der Waals surface area contributed by atoms with Crippen LogP contribution in [0.1, 0.15) is 36.0 Å². The zero-order chi connectivity index (χ0) is 16.0. The summed E-state index contributed by atoms with van der Waals surface area (Å²) in [6, 6.07) is 15.8. The van der Waals surface area contributed by atoms with Gasteiger partial charge >= 0.3 is 0 Å². The summed E-state index contributed by atoms with van der Waals surface area (Å²) in [5, 5.41) is 0.